The molecule has 4 nitrogen and oxygen atoms in total. The minimum atomic E-state index is -0.191. The third-order valence-corrected chi connectivity index (χ3v) is 4.26. The van der Waals surface area contributed by atoms with Crippen molar-refractivity contribution < 1.29 is 9.59 Å². The summed E-state index contributed by atoms with van der Waals surface area (Å²) < 4.78 is 0. The number of carbonyl (C=O) groups excluding carboxylic acids is 2. The van der Waals surface area contributed by atoms with Gasteiger partial charge in [-0.2, -0.15) is 0 Å². The average Bonchev–Trinajstić information content (AvgIpc) is 2.39. The first-order valence-corrected chi connectivity index (χ1v) is 6.52. The van der Waals surface area contributed by atoms with Crippen molar-refractivity contribution in [3.8, 4) is 0 Å². The van der Waals surface area contributed by atoms with Crippen LogP contribution in [0.25, 0.3) is 0 Å². The number of amides is 2. The third kappa shape index (κ3) is 3.20. The molecule has 1 heterocycles. The monoisotopic (exact) mass is 290 g/mol. The van der Waals surface area contributed by atoms with Gasteiger partial charge in [-0.05, 0) is 12.3 Å². The Morgan fingerprint density at radius 2 is 2.00 bits per heavy atom. The van der Waals surface area contributed by atoms with Gasteiger partial charge in [-0.15, -0.1) is 0 Å². The minimum Gasteiger partial charge on any atom is -0.344 e. The maximum atomic E-state index is 12.1. The molecule has 1 atom stereocenters. The molecule has 1 fully saturated rings. The second-order valence-electron chi connectivity index (χ2n) is 4.57. The van der Waals surface area contributed by atoms with Crippen LogP contribution in [-0.4, -0.2) is 53.1 Å². The van der Waals surface area contributed by atoms with E-state index in [2.05, 4.69) is 15.9 Å². The molecule has 1 aliphatic rings. The van der Waals surface area contributed by atoms with E-state index in [0.717, 1.165) is 13.0 Å². The number of rotatable bonds is 2. The smallest absolute Gasteiger partial charge is 0.241 e. The number of likely N-dealkylation sites (N-methyl/N-ethyl adjacent to an activating group) is 1. The van der Waals surface area contributed by atoms with E-state index in [9.17, 15) is 9.59 Å². The highest BCUT2D eigenvalue weighted by Crippen LogP contribution is 2.16. The van der Waals surface area contributed by atoms with Crippen LogP contribution in [0.4, 0.5) is 0 Å². The van der Waals surface area contributed by atoms with E-state index in [1.807, 2.05) is 13.8 Å². The van der Waals surface area contributed by atoms with E-state index in [-0.39, 0.29) is 29.1 Å². The highest BCUT2D eigenvalue weighted by atomic mass is 79.9. The molecular weight excluding hydrogens is 272 g/mol. The van der Waals surface area contributed by atoms with Crippen molar-refractivity contribution in [2.45, 2.75) is 25.1 Å². The summed E-state index contributed by atoms with van der Waals surface area (Å²) in [5.41, 5.74) is 0. The fourth-order valence-electron chi connectivity index (χ4n) is 1.63. The molecule has 1 aliphatic heterocycles. The summed E-state index contributed by atoms with van der Waals surface area (Å²) >= 11 is 3.39. The minimum absolute atomic E-state index is 0.0225. The highest BCUT2D eigenvalue weighted by molar-refractivity contribution is 9.10. The number of alkyl halides is 1. The van der Waals surface area contributed by atoms with Crippen molar-refractivity contribution in [2.24, 2.45) is 5.92 Å². The molecule has 5 heteroatoms. The van der Waals surface area contributed by atoms with Crippen LogP contribution in [0.1, 0.15) is 20.3 Å². The Labute approximate surface area is 105 Å². The summed E-state index contributed by atoms with van der Waals surface area (Å²) in [7, 11) is 1.78. The maximum Gasteiger partial charge on any atom is 0.241 e. The van der Waals surface area contributed by atoms with Gasteiger partial charge in [-0.3, -0.25) is 9.59 Å². The Balaban J connectivity index is 2.66. The van der Waals surface area contributed by atoms with Crippen LogP contribution < -0.4 is 0 Å². The molecule has 0 N–H and O–H groups in total. The number of carbonyl (C=O) groups is 2. The quantitative estimate of drug-likeness (QED) is 0.715. The standard InChI is InChI=1S/C11H19BrN2O2/c1-8(2)10(12)11(16)14-6-4-5-13(3)9(15)7-14/h8,10H,4-7H2,1-3H3. The van der Waals surface area contributed by atoms with Gasteiger partial charge >= 0.3 is 0 Å². The molecule has 0 radical (unpaired) electrons. The van der Waals surface area contributed by atoms with Gasteiger partial charge in [0.15, 0.2) is 0 Å². The van der Waals surface area contributed by atoms with Crippen LogP contribution in [0.3, 0.4) is 0 Å². The van der Waals surface area contributed by atoms with E-state index >= 15 is 0 Å². The van der Waals surface area contributed by atoms with E-state index in [1.54, 1.807) is 16.8 Å². The van der Waals surface area contributed by atoms with E-state index in [0.29, 0.717) is 6.54 Å². The maximum absolute atomic E-state index is 12.1. The van der Waals surface area contributed by atoms with Gasteiger partial charge in [0.2, 0.25) is 11.8 Å². The first-order chi connectivity index (χ1) is 7.43. The molecule has 92 valence electrons. The summed E-state index contributed by atoms with van der Waals surface area (Å²) in [6.07, 6.45) is 0.853. The molecule has 2 amide bonds. The SMILES string of the molecule is CC(C)C(Br)C(=O)N1CCCN(C)C(=O)C1. The Morgan fingerprint density at radius 3 is 2.56 bits per heavy atom. The Kier molecular flexibility index (Phi) is 4.77. The van der Waals surface area contributed by atoms with Crippen molar-refractivity contribution in [1.29, 1.82) is 0 Å². The van der Waals surface area contributed by atoms with E-state index < -0.39 is 0 Å². The number of halogens is 1. The zero-order valence-electron chi connectivity index (χ0n) is 10.1. The van der Waals surface area contributed by atoms with Crippen LogP contribution >= 0.6 is 15.9 Å². The fraction of sp³-hybridized carbons (Fsp3) is 0.818. The Hall–Kier alpha value is -0.580. The van der Waals surface area contributed by atoms with Gasteiger partial charge in [-0.25, -0.2) is 0 Å². The lowest BCUT2D eigenvalue weighted by Gasteiger charge is -2.24. The lowest BCUT2D eigenvalue weighted by Crippen LogP contribution is -2.42. The zero-order valence-corrected chi connectivity index (χ0v) is 11.7. The second-order valence-corrected chi connectivity index (χ2v) is 5.56. The molecule has 0 spiro atoms. The van der Waals surface area contributed by atoms with Gasteiger partial charge in [0, 0.05) is 20.1 Å². The number of hydrogen-bond acceptors (Lipinski definition) is 2. The number of hydrogen-bond donors (Lipinski definition) is 0. The molecule has 0 saturated carbocycles. The topological polar surface area (TPSA) is 40.6 Å². The lowest BCUT2D eigenvalue weighted by atomic mass is 10.1. The zero-order chi connectivity index (χ0) is 12.3. The molecule has 0 aromatic rings. The second kappa shape index (κ2) is 5.66. The molecule has 0 aromatic heterocycles. The third-order valence-electron chi connectivity index (χ3n) is 2.81. The van der Waals surface area contributed by atoms with Crippen LogP contribution in [-0.2, 0) is 9.59 Å². The van der Waals surface area contributed by atoms with Gasteiger partial charge in [0.1, 0.15) is 0 Å². The molecule has 0 bridgehead atoms. The molecule has 0 aromatic carbocycles. The average molecular weight is 291 g/mol. The first-order valence-electron chi connectivity index (χ1n) is 5.60. The Bertz CT molecular complexity index is 281. The fourth-order valence-corrected chi connectivity index (χ4v) is 1.92. The molecule has 1 rings (SSSR count). The van der Waals surface area contributed by atoms with Crippen LogP contribution in [0, 0.1) is 5.92 Å². The lowest BCUT2D eigenvalue weighted by molar-refractivity contribution is -0.138. The molecule has 1 unspecified atom stereocenters. The first kappa shape index (κ1) is 13.5. The van der Waals surface area contributed by atoms with Gasteiger partial charge < -0.3 is 9.80 Å². The van der Waals surface area contributed by atoms with Crippen LogP contribution in [0.15, 0.2) is 0 Å². The molecule has 1 saturated heterocycles. The van der Waals surface area contributed by atoms with Crippen molar-refractivity contribution in [2.75, 3.05) is 26.7 Å². The van der Waals surface area contributed by atoms with Crippen LogP contribution in [0.5, 0.6) is 0 Å². The summed E-state index contributed by atoms with van der Waals surface area (Å²) in [4.78, 5) is 26.8. The van der Waals surface area contributed by atoms with Gasteiger partial charge in [0.25, 0.3) is 0 Å². The normalized spacial score (nSPS) is 19.9. The van der Waals surface area contributed by atoms with Gasteiger partial charge in [0.05, 0.1) is 11.4 Å². The predicted octanol–water partition coefficient (Wildman–Crippen LogP) is 1.10. The largest absolute Gasteiger partial charge is 0.344 e. The summed E-state index contributed by atoms with van der Waals surface area (Å²) in [6.45, 7) is 5.59. The van der Waals surface area contributed by atoms with Crippen LogP contribution in [0.2, 0.25) is 0 Å². The predicted molar refractivity (Wildman–Crippen MR) is 66.4 cm³/mol. The summed E-state index contributed by atoms with van der Waals surface area (Å²) in [5.74, 6) is 0.288. The van der Waals surface area contributed by atoms with E-state index in [4.69, 9.17) is 0 Å². The van der Waals surface area contributed by atoms with Crippen molar-refractivity contribution in [3.63, 3.8) is 0 Å². The Morgan fingerprint density at radius 1 is 1.38 bits per heavy atom. The van der Waals surface area contributed by atoms with Crippen molar-refractivity contribution in [3.05, 3.63) is 0 Å². The van der Waals surface area contributed by atoms with Crippen molar-refractivity contribution >= 4 is 27.7 Å². The van der Waals surface area contributed by atoms with E-state index in [1.165, 1.54) is 0 Å². The summed E-state index contributed by atoms with van der Waals surface area (Å²) in [5, 5.41) is 0. The number of nitrogens with zero attached hydrogens (tertiary/aromatic N) is 2. The van der Waals surface area contributed by atoms with Crippen molar-refractivity contribution in [1.82, 2.24) is 9.80 Å². The molecule has 16 heavy (non-hydrogen) atoms. The molecule has 0 aliphatic carbocycles. The molecular formula is C11H19BrN2O2. The van der Waals surface area contributed by atoms with Gasteiger partial charge in [-0.1, -0.05) is 29.8 Å². The highest BCUT2D eigenvalue weighted by Gasteiger charge is 2.28. The summed E-state index contributed by atoms with van der Waals surface area (Å²) in [6, 6.07) is 0.